The largest absolute Gasteiger partial charge is 0.394 e. The number of rotatable bonds is 8. The molecule has 0 saturated carbocycles. The Labute approximate surface area is 141 Å². The SMILES string of the molecule is CCc1ccc(C(CO)NC(=O)CCCc2csc(C)n2)cc1. The monoisotopic (exact) mass is 332 g/mol. The molecule has 23 heavy (non-hydrogen) atoms. The minimum Gasteiger partial charge on any atom is -0.394 e. The summed E-state index contributed by atoms with van der Waals surface area (Å²) in [6, 6.07) is 7.68. The van der Waals surface area contributed by atoms with E-state index in [-0.39, 0.29) is 18.6 Å². The lowest BCUT2D eigenvalue weighted by Gasteiger charge is -2.17. The predicted octanol–water partition coefficient (Wildman–Crippen LogP) is 3.19. The summed E-state index contributed by atoms with van der Waals surface area (Å²) in [5.41, 5.74) is 3.23. The first kappa shape index (κ1) is 17.6. The molecule has 1 unspecified atom stereocenters. The molecule has 4 nitrogen and oxygen atoms in total. The molecule has 2 aromatic rings. The van der Waals surface area contributed by atoms with Gasteiger partial charge < -0.3 is 10.4 Å². The number of carbonyl (C=O) groups excluding carboxylic acids is 1. The molecule has 1 heterocycles. The summed E-state index contributed by atoms with van der Waals surface area (Å²) in [6.45, 7) is 3.99. The molecule has 1 amide bonds. The summed E-state index contributed by atoms with van der Waals surface area (Å²) in [5, 5.41) is 15.5. The minimum absolute atomic E-state index is 0.0319. The van der Waals surface area contributed by atoms with E-state index in [1.54, 1.807) is 11.3 Å². The Morgan fingerprint density at radius 2 is 2.09 bits per heavy atom. The molecule has 0 spiro atoms. The summed E-state index contributed by atoms with van der Waals surface area (Å²) >= 11 is 1.63. The number of carbonyl (C=O) groups is 1. The van der Waals surface area contributed by atoms with Crippen molar-refractivity contribution in [2.24, 2.45) is 0 Å². The number of aromatic nitrogens is 1. The molecule has 1 atom stereocenters. The Morgan fingerprint density at radius 3 is 2.65 bits per heavy atom. The van der Waals surface area contributed by atoms with Gasteiger partial charge in [0.15, 0.2) is 0 Å². The number of hydrogen-bond acceptors (Lipinski definition) is 4. The summed E-state index contributed by atoms with van der Waals surface area (Å²) in [7, 11) is 0. The Kier molecular flexibility index (Phi) is 6.74. The van der Waals surface area contributed by atoms with Gasteiger partial charge in [-0.25, -0.2) is 4.98 Å². The maximum Gasteiger partial charge on any atom is 0.220 e. The summed E-state index contributed by atoms with van der Waals surface area (Å²) in [6.07, 6.45) is 3.00. The molecule has 124 valence electrons. The molecule has 2 rings (SSSR count). The third-order valence-corrected chi connectivity index (χ3v) is 4.63. The highest BCUT2D eigenvalue weighted by Gasteiger charge is 2.13. The van der Waals surface area contributed by atoms with E-state index in [1.165, 1.54) is 5.56 Å². The molecular weight excluding hydrogens is 308 g/mol. The Bertz CT molecular complexity index is 622. The van der Waals surface area contributed by atoms with Gasteiger partial charge in [-0.15, -0.1) is 11.3 Å². The van der Waals surface area contributed by atoms with E-state index >= 15 is 0 Å². The van der Waals surface area contributed by atoms with Crippen LogP contribution < -0.4 is 5.32 Å². The maximum absolute atomic E-state index is 12.1. The van der Waals surface area contributed by atoms with Crippen molar-refractivity contribution < 1.29 is 9.90 Å². The van der Waals surface area contributed by atoms with Crippen LogP contribution in [0.1, 0.15) is 47.6 Å². The smallest absolute Gasteiger partial charge is 0.220 e. The van der Waals surface area contributed by atoms with Crippen molar-refractivity contribution in [3.8, 4) is 0 Å². The van der Waals surface area contributed by atoms with Crippen LogP contribution in [0.4, 0.5) is 0 Å². The Balaban J connectivity index is 1.81. The van der Waals surface area contributed by atoms with Gasteiger partial charge in [0.05, 0.1) is 23.4 Å². The maximum atomic E-state index is 12.1. The minimum atomic E-state index is -0.338. The molecule has 2 N–H and O–H groups in total. The zero-order valence-electron chi connectivity index (χ0n) is 13.7. The van der Waals surface area contributed by atoms with E-state index in [1.807, 2.05) is 36.6 Å². The second kappa shape index (κ2) is 8.79. The number of nitrogens with one attached hydrogen (secondary N) is 1. The van der Waals surface area contributed by atoms with Crippen molar-refractivity contribution >= 4 is 17.2 Å². The molecular formula is C18H24N2O2S. The Hall–Kier alpha value is -1.72. The number of benzene rings is 1. The van der Waals surface area contributed by atoms with Crippen LogP contribution in [0.15, 0.2) is 29.6 Å². The van der Waals surface area contributed by atoms with Gasteiger partial charge in [0.2, 0.25) is 5.91 Å². The van der Waals surface area contributed by atoms with Crippen LogP contribution in [0.25, 0.3) is 0 Å². The molecule has 1 aromatic heterocycles. The van der Waals surface area contributed by atoms with E-state index in [0.717, 1.165) is 35.5 Å². The van der Waals surface area contributed by atoms with E-state index in [9.17, 15) is 9.90 Å². The zero-order valence-corrected chi connectivity index (χ0v) is 14.5. The standard InChI is InChI=1S/C18H24N2O2S/c1-3-14-7-9-15(10-8-14)17(11-21)20-18(22)6-4-5-16-12-23-13(2)19-16/h7-10,12,17,21H,3-6,11H2,1-2H3,(H,20,22). The lowest BCUT2D eigenvalue weighted by atomic mass is 10.0. The number of aliphatic hydroxyl groups excluding tert-OH is 1. The van der Waals surface area contributed by atoms with Crippen LogP contribution in [0, 0.1) is 6.92 Å². The quantitative estimate of drug-likeness (QED) is 0.780. The topological polar surface area (TPSA) is 62.2 Å². The number of thiazole rings is 1. The van der Waals surface area contributed by atoms with E-state index < -0.39 is 0 Å². The van der Waals surface area contributed by atoms with E-state index in [4.69, 9.17) is 0 Å². The molecule has 0 fully saturated rings. The second-order valence-corrected chi connectivity index (χ2v) is 6.67. The number of aryl methyl sites for hydroxylation is 3. The van der Waals surface area contributed by atoms with Gasteiger partial charge in [0, 0.05) is 11.8 Å². The fourth-order valence-electron chi connectivity index (χ4n) is 2.44. The highest BCUT2D eigenvalue weighted by Crippen LogP contribution is 2.15. The van der Waals surface area contributed by atoms with E-state index in [0.29, 0.717) is 6.42 Å². The molecule has 1 aromatic carbocycles. The third-order valence-electron chi connectivity index (χ3n) is 3.81. The second-order valence-electron chi connectivity index (χ2n) is 5.61. The molecule has 0 aliphatic carbocycles. The first-order chi connectivity index (χ1) is 11.1. The predicted molar refractivity (Wildman–Crippen MR) is 93.6 cm³/mol. The number of amides is 1. The highest BCUT2D eigenvalue weighted by atomic mass is 32.1. The fraction of sp³-hybridized carbons (Fsp3) is 0.444. The molecule has 0 saturated heterocycles. The van der Waals surface area contributed by atoms with Gasteiger partial charge in [-0.1, -0.05) is 31.2 Å². The molecule has 5 heteroatoms. The normalized spacial score (nSPS) is 12.1. The first-order valence-electron chi connectivity index (χ1n) is 8.02. The van der Waals surface area contributed by atoms with Gasteiger partial charge in [0.1, 0.15) is 0 Å². The van der Waals surface area contributed by atoms with Crippen molar-refractivity contribution in [2.45, 2.75) is 45.6 Å². The molecule has 0 aliphatic rings. The fourth-order valence-corrected chi connectivity index (χ4v) is 3.09. The summed E-state index contributed by atoms with van der Waals surface area (Å²) < 4.78 is 0. The highest BCUT2D eigenvalue weighted by molar-refractivity contribution is 7.09. The first-order valence-corrected chi connectivity index (χ1v) is 8.90. The van der Waals surface area contributed by atoms with Gasteiger partial charge in [-0.2, -0.15) is 0 Å². The number of nitrogens with zero attached hydrogens (tertiary/aromatic N) is 1. The van der Waals surface area contributed by atoms with Gasteiger partial charge >= 0.3 is 0 Å². The van der Waals surface area contributed by atoms with Crippen LogP contribution in [-0.4, -0.2) is 22.6 Å². The van der Waals surface area contributed by atoms with Crippen molar-refractivity contribution in [2.75, 3.05) is 6.61 Å². The van der Waals surface area contributed by atoms with E-state index in [2.05, 4.69) is 17.2 Å². The van der Waals surface area contributed by atoms with Gasteiger partial charge in [0.25, 0.3) is 0 Å². The Morgan fingerprint density at radius 1 is 1.35 bits per heavy atom. The van der Waals surface area contributed by atoms with Gasteiger partial charge in [-0.05, 0) is 37.3 Å². The average molecular weight is 332 g/mol. The zero-order chi connectivity index (χ0) is 16.7. The third kappa shape index (κ3) is 5.44. The van der Waals surface area contributed by atoms with Crippen LogP contribution in [0.5, 0.6) is 0 Å². The number of hydrogen-bond donors (Lipinski definition) is 2. The van der Waals surface area contributed by atoms with Crippen molar-refractivity contribution in [3.05, 3.63) is 51.5 Å². The molecule has 0 aliphatic heterocycles. The van der Waals surface area contributed by atoms with Crippen molar-refractivity contribution in [1.82, 2.24) is 10.3 Å². The number of aliphatic hydroxyl groups is 1. The van der Waals surface area contributed by atoms with Crippen LogP contribution in [-0.2, 0) is 17.6 Å². The van der Waals surface area contributed by atoms with Crippen LogP contribution >= 0.6 is 11.3 Å². The summed E-state index contributed by atoms with van der Waals surface area (Å²) in [5.74, 6) is -0.0319. The van der Waals surface area contributed by atoms with Crippen molar-refractivity contribution in [1.29, 1.82) is 0 Å². The molecule has 0 bridgehead atoms. The lowest BCUT2D eigenvalue weighted by Crippen LogP contribution is -2.30. The lowest BCUT2D eigenvalue weighted by molar-refractivity contribution is -0.122. The average Bonchev–Trinajstić information content (AvgIpc) is 2.98. The van der Waals surface area contributed by atoms with Crippen molar-refractivity contribution in [3.63, 3.8) is 0 Å². The van der Waals surface area contributed by atoms with Crippen LogP contribution in [0.2, 0.25) is 0 Å². The summed E-state index contributed by atoms with van der Waals surface area (Å²) in [4.78, 5) is 16.5. The van der Waals surface area contributed by atoms with Crippen LogP contribution in [0.3, 0.4) is 0 Å². The van der Waals surface area contributed by atoms with Gasteiger partial charge in [-0.3, -0.25) is 4.79 Å². The molecule has 0 radical (unpaired) electrons.